The summed E-state index contributed by atoms with van der Waals surface area (Å²) in [4.78, 5) is 0. The summed E-state index contributed by atoms with van der Waals surface area (Å²) in [5.41, 5.74) is 2.55. The minimum absolute atomic E-state index is 0.719. The molecule has 0 aliphatic heterocycles. The monoisotopic (exact) mass is 237 g/mol. The third-order valence-electron chi connectivity index (χ3n) is 2.52. The summed E-state index contributed by atoms with van der Waals surface area (Å²) in [5, 5.41) is 7.95. The molecular formula is C17H19N. The van der Waals surface area contributed by atoms with E-state index in [-0.39, 0.29) is 0 Å². The molecule has 0 amide bonds. The fourth-order valence-electron chi connectivity index (χ4n) is 1.52. The Labute approximate surface area is 110 Å². The topological polar surface area (TPSA) is 23.8 Å². The van der Waals surface area contributed by atoms with Crippen molar-refractivity contribution in [2.45, 2.75) is 26.2 Å². The predicted molar refractivity (Wildman–Crippen MR) is 77.0 cm³/mol. The smallest absolute Gasteiger partial charge is 0.0621 e. The van der Waals surface area contributed by atoms with E-state index < -0.39 is 0 Å². The molecule has 0 atom stereocenters. The molecule has 0 bridgehead atoms. The summed E-state index contributed by atoms with van der Waals surface area (Å²) in [6, 6.07) is 22.8. The zero-order valence-electron chi connectivity index (χ0n) is 10.8. The van der Waals surface area contributed by atoms with Gasteiger partial charge in [0.2, 0.25) is 0 Å². The van der Waals surface area contributed by atoms with E-state index in [9.17, 15) is 0 Å². The maximum atomic E-state index is 7.95. The lowest BCUT2D eigenvalue weighted by Crippen LogP contribution is -1.73. The quantitative estimate of drug-likeness (QED) is 0.685. The van der Waals surface area contributed by atoms with Crippen LogP contribution in [-0.2, 0) is 0 Å². The Morgan fingerprint density at radius 3 is 1.56 bits per heavy atom. The zero-order chi connectivity index (χ0) is 13.1. The molecule has 0 aliphatic carbocycles. The van der Waals surface area contributed by atoms with Gasteiger partial charge in [0, 0.05) is 6.42 Å². The molecule has 0 heterocycles. The molecule has 0 fully saturated rings. The van der Waals surface area contributed by atoms with Crippen molar-refractivity contribution >= 4 is 0 Å². The highest BCUT2D eigenvalue weighted by molar-refractivity contribution is 5.62. The van der Waals surface area contributed by atoms with Crippen LogP contribution in [0.3, 0.4) is 0 Å². The summed E-state index contributed by atoms with van der Waals surface area (Å²) < 4.78 is 0. The number of rotatable bonds is 3. The minimum atomic E-state index is 0.719. The molecule has 0 saturated carbocycles. The van der Waals surface area contributed by atoms with Crippen LogP contribution in [0.4, 0.5) is 0 Å². The highest BCUT2D eigenvalue weighted by Crippen LogP contribution is 2.17. The largest absolute Gasteiger partial charge is 0.198 e. The van der Waals surface area contributed by atoms with Crippen LogP contribution >= 0.6 is 0 Å². The molecule has 1 nitrogen and oxygen atoms in total. The summed E-state index contributed by atoms with van der Waals surface area (Å²) >= 11 is 0. The Balaban J connectivity index is 0.000000232. The van der Waals surface area contributed by atoms with Gasteiger partial charge in [0.15, 0.2) is 0 Å². The maximum Gasteiger partial charge on any atom is 0.0621 e. The van der Waals surface area contributed by atoms with Crippen molar-refractivity contribution in [3.63, 3.8) is 0 Å². The van der Waals surface area contributed by atoms with Gasteiger partial charge in [-0.05, 0) is 17.5 Å². The molecule has 0 radical (unpaired) electrons. The first-order valence-electron chi connectivity index (χ1n) is 6.36. The van der Waals surface area contributed by atoms with Crippen molar-refractivity contribution in [2.75, 3.05) is 0 Å². The van der Waals surface area contributed by atoms with E-state index in [1.807, 2.05) is 12.1 Å². The summed E-state index contributed by atoms with van der Waals surface area (Å²) in [6.45, 7) is 2.08. The van der Waals surface area contributed by atoms with E-state index in [0.29, 0.717) is 0 Å². The summed E-state index contributed by atoms with van der Waals surface area (Å²) in [5.74, 6) is 0. The number of hydrogen-bond acceptors (Lipinski definition) is 1. The number of unbranched alkanes of at least 4 members (excludes halogenated alkanes) is 2. The van der Waals surface area contributed by atoms with E-state index in [1.165, 1.54) is 11.1 Å². The van der Waals surface area contributed by atoms with Crippen LogP contribution in [0.2, 0.25) is 0 Å². The highest BCUT2D eigenvalue weighted by atomic mass is 14.2. The lowest BCUT2D eigenvalue weighted by atomic mass is 10.1. The normalized spacial score (nSPS) is 8.89. The molecule has 0 saturated heterocycles. The van der Waals surface area contributed by atoms with Crippen molar-refractivity contribution in [3.8, 4) is 17.2 Å². The second-order valence-electron chi connectivity index (χ2n) is 3.99. The molecule has 18 heavy (non-hydrogen) atoms. The molecular weight excluding hydrogens is 218 g/mol. The van der Waals surface area contributed by atoms with Gasteiger partial charge in [0.05, 0.1) is 6.07 Å². The second kappa shape index (κ2) is 9.01. The fourth-order valence-corrected chi connectivity index (χ4v) is 1.52. The van der Waals surface area contributed by atoms with Crippen LogP contribution in [0.1, 0.15) is 26.2 Å². The van der Waals surface area contributed by atoms with Crippen LogP contribution < -0.4 is 0 Å². The van der Waals surface area contributed by atoms with Crippen LogP contribution in [0.25, 0.3) is 11.1 Å². The number of hydrogen-bond donors (Lipinski definition) is 0. The van der Waals surface area contributed by atoms with Crippen LogP contribution in [-0.4, -0.2) is 0 Å². The Kier molecular flexibility index (Phi) is 7.01. The first kappa shape index (κ1) is 14.0. The van der Waals surface area contributed by atoms with Gasteiger partial charge in [0.1, 0.15) is 0 Å². The average Bonchev–Trinajstić information content (AvgIpc) is 2.48. The Morgan fingerprint density at radius 1 is 0.833 bits per heavy atom. The highest BCUT2D eigenvalue weighted by Gasteiger charge is 1.91. The van der Waals surface area contributed by atoms with Crippen LogP contribution in [0.15, 0.2) is 60.7 Å². The predicted octanol–water partition coefficient (Wildman–Crippen LogP) is 5.05. The summed E-state index contributed by atoms with van der Waals surface area (Å²) in [6.07, 6.45) is 2.90. The fraction of sp³-hybridized carbons (Fsp3) is 0.235. The van der Waals surface area contributed by atoms with Crippen molar-refractivity contribution in [1.82, 2.24) is 0 Å². The SMILES string of the molecule is CCCCC#N.c1ccc(-c2ccccc2)cc1. The van der Waals surface area contributed by atoms with E-state index in [2.05, 4.69) is 61.5 Å². The van der Waals surface area contributed by atoms with Crippen molar-refractivity contribution < 1.29 is 0 Å². The molecule has 0 aromatic heterocycles. The summed E-state index contributed by atoms with van der Waals surface area (Å²) in [7, 11) is 0. The number of nitriles is 1. The van der Waals surface area contributed by atoms with Crippen LogP contribution in [0, 0.1) is 11.3 Å². The van der Waals surface area contributed by atoms with Crippen LogP contribution in [0.5, 0.6) is 0 Å². The molecule has 2 aromatic rings. The first-order valence-corrected chi connectivity index (χ1v) is 6.36. The third-order valence-corrected chi connectivity index (χ3v) is 2.52. The van der Waals surface area contributed by atoms with Gasteiger partial charge in [-0.25, -0.2) is 0 Å². The zero-order valence-corrected chi connectivity index (χ0v) is 10.8. The van der Waals surface area contributed by atoms with Crippen molar-refractivity contribution in [3.05, 3.63) is 60.7 Å². The third kappa shape index (κ3) is 5.32. The molecule has 2 rings (SSSR count). The molecule has 1 heteroatoms. The first-order chi connectivity index (χ1) is 8.88. The molecule has 0 unspecified atom stereocenters. The molecule has 0 aliphatic rings. The molecule has 2 aromatic carbocycles. The standard InChI is InChI=1S/C12H10.C5H9N/c1-3-7-11(8-4-1)12-9-5-2-6-10-12;1-2-3-4-5-6/h1-10H;2-4H2,1H3. The molecule has 92 valence electrons. The van der Waals surface area contributed by atoms with E-state index in [1.54, 1.807) is 0 Å². The van der Waals surface area contributed by atoms with Gasteiger partial charge in [0.25, 0.3) is 0 Å². The van der Waals surface area contributed by atoms with Gasteiger partial charge in [-0.1, -0.05) is 74.0 Å². The van der Waals surface area contributed by atoms with Crippen molar-refractivity contribution in [1.29, 1.82) is 5.26 Å². The number of nitrogens with zero attached hydrogens (tertiary/aromatic N) is 1. The van der Waals surface area contributed by atoms with Gasteiger partial charge >= 0.3 is 0 Å². The Hall–Kier alpha value is -2.07. The lowest BCUT2D eigenvalue weighted by molar-refractivity contribution is 0.822. The van der Waals surface area contributed by atoms with Gasteiger partial charge in [-0.3, -0.25) is 0 Å². The lowest BCUT2D eigenvalue weighted by Gasteiger charge is -1.98. The van der Waals surface area contributed by atoms with Gasteiger partial charge in [-0.15, -0.1) is 0 Å². The van der Waals surface area contributed by atoms with E-state index in [0.717, 1.165) is 19.3 Å². The second-order valence-corrected chi connectivity index (χ2v) is 3.99. The maximum absolute atomic E-state index is 7.95. The molecule has 0 N–H and O–H groups in total. The number of benzene rings is 2. The average molecular weight is 237 g/mol. The van der Waals surface area contributed by atoms with E-state index >= 15 is 0 Å². The van der Waals surface area contributed by atoms with E-state index in [4.69, 9.17) is 5.26 Å². The molecule has 0 spiro atoms. The van der Waals surface area contributed by atoms with Gasteiger partial charge < -0.3 is 0 Å². The Morgan fingerprint density at radius 2 is 1.28 bits per heavy atom. The van der Waals surface area contributed by atoms with Crippen molar-refractivity contribution in [2.24, 2.45) is 0 Å². The van der Waals surface area contributed by atoms with Gasteiger partial charge in [-0.2, -0.15) is 5.26 Å². The Bertz CT molecular complexity index is 416. The minimum Gasteiger partial charge on any atom is -0.198 e.